The summed E-state index contributed by atoms with van der Waals surface area (Å²) in [7, 11) is 1.85. The van der Waals surface area contributed by atoms with Crippen LogP contribution < -0.4 is 0 Å². The molecule has 0 saturated heterocycles. The Hall–Kier alpha value is -4.94. The van der Waals surface area contributed by atoms with Gasteiger partial charge in [0.2, 0.25) is 0 Å². The number of benzene rings is 6. The van der Waals surface area contributed by atoms with Crippen molar-refractivity contribution in [3.63, 3.8) is 0 Å². The highest BCUT2D eigenvalue weighted by Gasteiger charge is 2.31. The Balaban J connectivity index is 0.000000181. The van der Waals surface area contributed by atoms with Gasteiger partial charge < -0.3 is 0 Å². The second-order valence-corrected chi connectivity index (χ2v) is 10.8. The summed E-state index contributed by atoms with van der Waals surface area (Å²) in [4.78, 5) is 0. The maximum Gasteiger partial charge on any atom is 0.198 e. The third-order valence-electron chi connectivity index (χ3n) is 7.38. The van der Waals surface area contributed by atoms with E-state index in [0.29, 0.717) is 0 Å². The van der Waals surface area contributed by atoms with E-state index in [2.05, 4.69) is 0 Å². The quantitative estimate of drug-likeness (QED) is 0.0671. The van der Waals surface area contributed by atoms with Crippen LogP contribution in [-0.2, 0) is 6.16 Å². The fraction of sp³-hybridized carbons (Fsp3) is 0.0625. The van der Waals surface area contributed by atoms with E-state index in [-0.39, 0.29) is 6.07 Å². The smallest absolute Gasteiger partial charge is 0.198 e. The zero-order valence-corrected chi connectivity index (χ0v) is 26.5. The van der Waals surface area contributed by atoms with Crippen LogP contribution in [0, 0.1) is 129 Å². The zero-order chi connectivity index (χ0) is 41.2. The molecule has 288 valence electrons. The van der Waals surface area contributed by atoms with Crippen LogP contribution in [0.1, 0.15) is 11.1 Å². The lowest BCUT2D eigenvalue weighted by atomic mass is 10.0. The molecule has 6 rings (SSSR count). The first-order valence-electron chi connectivity index (χ1n) is 13.6. The minimum absolute atomic E-state index is 0.0858. The Bertz CT molecular complexity index is 2450. The van der Waals surface area contributed by atoms with Crippen molar-refractivity contribution in [2.24, 2.45) is 0 Å². The Morgan fingerprint density at radius 3 is 0.944 bits per heavy atom. The highest BCUT2D eigenvalue weighted by Crippen LogP contribution is 2.36. The van der Waals surface area contributed by atoms with Crippen molar-refractivity contribution in [3.05, 3.63) is 139 Å². The lowest BCUT2D eigenvalue weighted by molar-refractivity contribution is 0.411. The predicted molar refractivity (Wildman–Crippen MR) is 149 cm³/mol. The molecular weight excluding hydrogens is 814 g/mol. The molecule has 22 heteroatoms. The van der Waals surface area contributed by atoms with Gasteiger partial charge in [0.1, 0.15) is 17.5 Å². The molecule has 0 radical (unpaired) electrons. The van der Waals surface area contributed by atoms with Crippen molar-refractivity contribution in [1.29, 1.82) is 0 Å². The summed E-state index contributed by atoms with van der Waals surface area (Å²) in [6, 6.07) is -0.0858. The van der Waals surface area contributed by atoms with E-state index in [4.69, 9.17) is 0 Å². The second-order valence-electron chi connectivity index (χ2n) is 10.4. The molecule has 0 aliphatic rings. The van der Waals surface area contributed by atoms with E-state index in [1.807, 2.05) is 9.24 Å². The molecule has 54 heavy (non-hydrogen) atoms. The molecule has 0 aromatic heterocycles. The zero-order valence-electron chi connectivity index (χ0n) is 25.3. The number of fused-ring (bicyclic) bond motifs is 3. The average molecular weight is 822 g/mol. The van der Waals surface area contributed by atoms with Gasteiger partial charge in [-0.05, 0) is 13.1 Å². The Morgan fingerprint density at radius 2 is 0.574 bits per heavy atom. The molecule has 0 aliphatic carbocycles. The standard InChI is InChI=1S/C11H4F7P.C11H3F7.C10HF7/c12-5-2(1-19)6(13)7(14)4-3(5)8(15)10(17)11(18)9(4)16;1-2-5(12)3-4(7(14)6(2)13)9(16)11(18)10(17)8(3)15;11-2-1-3(12)6(13)5-4(2)7(14)9(16)10(17)8(5)15/h1,19H2;1H3;1H. The van der Waals surface area contributed by atoms with Gasteiger partial charge in [-0.15, -0.1) is 9.24 Å². The monoisotopic (exact) mass is 822 g/mol. The summed E-state index contributed by atoms with van der Waals surface area (Å²) >= 11 is 0. The van der Waals surface area contributed by atoms with E-state index in [1.165, 1.54) is 0 Å². The van der Waals surface area contributed by atoms with Crippen molar-refractivity contribution in [2.75, 3.05) is 0 Å². The van der Waals surface area contributed by atoms with E-state index < -0.39 is 172 Å². The molecule has 1 unspecified atom stereocenters. The van der Waals surface area contributed by atoms with Crippen LogP contribution in [0.2, 0.25) is 0 Å². The molecule has 0 saturated carbocycles. The summed E-state index contributed by atoms with van der Waals surface area (Å²) in [6.45, 7) is 0.756. The topological polar surface area (TPSA) is 0 Å². The van der Waals surface area contributed by atoms with Crippen LogP contribution >= 0.6 is 9.24 Å². The normalized spacial score (nSPS) is 11.3. The van der Waals surface area contributed by atoms with Crippen molar-refractivity contribution >= 4 is 41.6 Å². The average Bonchev–Trinajstić information content (AvgIpc) is 3.13. The summed E-state index contributed by atoms with van der Waals surface area (Å²) in [6.07, 6.45) is -0.454. The molecule has 1 atom stereocenters. The van der Waals surface area contributed by atoms with Crippen molar-refractivity contribution in [1.82, 2.24) is 0 Å². The molecule has 0 nitrogen and oxygen atoms in total. The summed E-state index contributed by atoms with van der Waals surface area (Å²) in [5, 5.41) is -9.16. The van der Waals surface area contributed by atoms with Gasteiger partial charge in [0.25, 0.3) is 0 Å². The fourth-order valence-electron chi connectivity index (χ4n) is 4.74. The van der Waals surface area contributed by atoms with Gasteiger partial charge in [-0.3, -0.25) is 0 Å². The molecule has 0 amide bonds. The van der Waals surface area contributed by atoms with Crippen LogP contribution in [0.15, 0.2) is 6.07 Å². The van der Waals surface area contributed by atoms with Gasteiger partial charge in [-0.1, -0.05) is 0 Å². The summed E-state index contributed by atoms with van der Waals surface area (Å²) in [5.74, 6) is -43.1. The van der Waals surface area contributed by atoms with Gasteiger partial charge in [0.05, 0.1) is 32.3 Å². The SMILES string of the molecule is Cc1c(F)c(F)c2c(F)c(F)c(F)c(F)c2c1F.Fc1c(F)c(F)c2c(F)c(CP)c(F)c(F)c2c1F.Fc1cc(F)c2c(F)c(F)c(F)c(F)c2c1F. The largest absolute Gasteiger partial charge is 0.206 e. The lowest BCUT2D eigenvalue weighted by Gasteiger charge is -2.11. The maximum absolute atomic E-state index is 13.7. The van der Waals surface area contributed by atoms with E-state index >= 15 is 0 Å². The van der Waals surface area contributed by atoms with Crippen molar-refractivity contribution in [3.8, 4) is 0 Å². The highest BCUT2D eigenvalue weighted by atomic mass is 31.0. The first-order valence-corrected chi connectivity index (χ1v) is 14.4. The first kappa shape index (κ1) is 41.8. The van der Waals surface area contributed by atoms with Crippen LogP contribution in [0.3, 0.4) is 0 Å². The van der Waals surface area contributed by atoms with Crippen LogP contribution in [0.5, 0.6) is 0 Å². The third-order valence-corrected chi connectivity index (χ3v) is 7.79. The van der Waals surface area contributed by atoms with Gasteiger partial charge >= 0.3 is 0 Å². The summed E-state index contributed by atoms with van der Waals surface area (Å²) in [5.41, 5.74) is -1.86. The van der Waals surface area contributed by atoms with Crippen LogP contribution in [-0.4, -0.2) is 0 Å². The Kier molecular flexibility index (Phi) is 11.7. The van der Waals surface area contributed by atoms with Gasteiger partial charge in [0, 0.05) is 17.2 Å². The molecule has 6 aromatic carbocycles. The van der Waals surface area contributed by atoms with Gasteiger partial charge in [-0.2, -0.15) is 0 Å². The number of rotatable bonds is 1. The second kappa shape index (κ2) is 15.1. The number of hydrogen-bond acceptors (Lipinski definition) is 0. The molecule has 0 spiro atoms. The number of hydrogen-bond donors (Lipinski definition) is 0. The Morgan fingerprint density at radius 1 is 0.296 bits per heavy atom. The Labute approximate surface area is 286 Å². The van der Waals surface area contributed by atoms with Crippen molar-refractivity contribution < 1.29 is 92.2 Å². The predicted octanol–water partition coefficient (Wildman–Crippen LogP) is 12.1. The minimum atomic E-state index is -2.33. The molecule has 0 fully saturated rings. The first-order chi connectivity index (χ1) is 25.0. The highest BCUT2D eigenvalue weighted by molar-refractivity contribution is 7.15. The van der Waals surface area contributed by atoms with E-state index in [0.717, 1.165) is 6.92 Å². The van der Waals surface area contributed by atoms with Gasteiger partial charge in [-0.25, -0.2) is 92.2 Å². The third kappa shape index (κ3) is 6.38. The minimum Gasteiger partial charge on any atom is -0.206 e. The molecule has 0 N–H and O–H groups in total. The molecule has 0 heterocycles. The van der Waals surface area contributed by atoms with Gasteiger partial charge in [0.15, 0.2) is 105 Å². The molecular formula is C32H8F21P. The van der Waals surface area contributed by atoms with E-state index in [9.17, 15) is 92.2 Å². The molecule has 0 bridgehead atoms. The lowest BCUT2D eigenvalue weighted by Crippen LogP contribution is -2.06. The van der Waals surface area contributed by atoms with Crippen molar-refractivity contribution in [2.45, 2.75) is 13.1 Å². The molecule has 6 aromatic rings. The molecule has 0 aliphatic heterocycles. The van der Waals surface area contributed by atoms with Crippen LogP contribution in [0.4, 0.5) is 92.2 Å². The maximum atomic E-state index is 13.7. The van der Waals surface area contributed by atoms with Crippen LogP contribution in [0.25, 0.3) is 32.3 Å². The fourth-order valence-corrected chi connectivity index (χ4v) is 5.10. The summed E-state index contributed by atoms with van der Waals surface area (Å²) < 4.78 is 276. The number of halogens is 21. The van der Waals surface area contributed by atoms with E-state index in [1.54, 1.807) is 0 Å².